The smallest absolute Gasteiger partial charge is 0.126 e. The van der Waals surface area contributed by atoms with Gasteiger partial charge in [-0.3, -0.25) is 0 Å². The Hall–Kier alpha value is -7.13. The number of para-hydroxylation sites is 6. The van der Waals surface area contributed by atoms with Gasteiger partial charge in [0.25, 0.3) is 0 Å². The first-order valence-electron chi connectivity index (χ1n) is 20.5. The van der Waals surface area contributed by atoms with Crippen molar-refractivity contribution in [1.29, 1.82) is 0 Å². The molecule has 11 heteroatoms. The van der Waals surface area contributed by atoms with Gasteiger partial charge in [0.1, 0.15) is 17.5 Å². The van der Waals surface area contributed by atoms with Crippen LogP contribution in [0.2, 0.25) is 0 Å². The Bertz CT molecular complexity index is 2360. The number of benzene rings is 6. The first kappa shape index (κ1) is 44.5. The maximum Gasteiger partial charge on any atom is 0.126 e. The number of rotatable bonds is 6. The van der Waals surface area contributed by atoms with E-state index in [1.165, 1.54) is 0 Å². The van der Waals surface area contributed by atoms with E-state index in [9.17, 15) is 0 Å². The van der Waals surface area contributed by atoms with E-state index in [0.29, 0.717) is 0 Å². The zero-order valence-corrected chi connectivity index (χ0v) is 39.5. The second kappa shape index (κ2) is 21.0. The summed E-state index contributed by atoms with van der Waals surface area (Å²) in [6, 6.07) is 76.4. The van der Waals surface area contributed by atoms with E-state index < -0.39 is 0 Å². The van der Waals surface area contributed by atoms with E-state index in [-0.39, 0.29) is 40.2 Å². The van der Waals surface area contributed by atoms with Crippen molar-refractivity contribution in [3.63, 3.8) is 0 Å². The third-order valence-electron chi connectivity index (χ3n) is 10.4. The minimum absolute atomic E-state index is 0. The van der Waals surface area contributed by atoms with Crippen LogP contribution in [-0.2, 0) is 40.2 Å². The fourth-order valence-electron chi connectivity index (χ4n) is 7.50. The molecule has 6 heterocycles. The van der Waals surface area contributed by atoms with E-state index in [1.807, 2.05) is 164 Å². The standard InChI is InChI=1S/3C18H13N3.2Ir/c3*1-3-8-15(9-4-1)20-14-21(16-10-5-2-6-11-16)18-17(20)12-7-13-19-18;;/h1-8,10-14H;2*1-10,12-14H;;/q3*-2;;. The molecule has 9 aromatic rings. The molecule has 0 fully saturated rings. The van der Waals surface area contributed by atoms with Gasteiger partial charge in [0.15, 0.2) is 0 Å². The van der Waals surface area contributed by atoms with Crippen LogP contribution in [0.3, 0.4) is 0 Å². The van der Waals surface area contributed by atoms with Gasteiger partial charge in [0, 0.05) is 75.9 Å². The molecule has 12 rings (SSSR count). The number of aromatic nitrogens is 3. The van der Waals surface area contributed by atoms with Gasteiger partial charge in [-0.2, -0.15) is 91.0 Å². The Kier molecular flexibility index (Phi) is 14.4. The fraction of sp³-hybridized carbons (Fsp3) is 0. The number of hydrogen-bond donors (Lipinski definition) is 0. The van der Waals surface area contributed by atoms with Gasteiger partial charge >= 0.3 is 0 Å². The minimum atomic E-state index is 0. The van der Waals surface area contributed by atoms with E-state index in [1.54, 1.807) is 0 Å². The maximum atomic E-state index is 4.53. The van der Waals surface area contributed by atoms with Crippen LogP contribution in [0.1, 0.15) is 0 Å². The van der Waals surface area contributed by atoms with E-state index in [0.717, 1.165) is 68.6 Å². The zero-order chi connectivity index (χ0) is 42.2. The first-order chi connectivity index (χ1) is 31.3. The average molecular weight is 1200 g/mol. The van der Waals surface area contributed by atoms with Gasteiger partial charge in [-0.05, 0) is 72.8 Å². The number of pyridine rings is 3. The summed E-state index contributed by atoms with van der Waals surface area (Å²) in [6.45, 7) is 6.16. The van der Waals surface area contributed by atoms with Crippen LogP contribution in [0.15, 0.2) is 219 Å². The fourth-order valence-corrected chi connectivity index (χ4v) is 7.50. The summed E-state index contributed by atoms with van der Waals surface area (Å²) >= 11 is 0. The summed E-state index contributed by atoms with van der Waals surface area (Å²) in [7, 11) is 0. The van der Waals surface area contributed by atoms with Gasteiger partial charge in [0.2, 0.25) is 0 Å². The van der Waals surface area contributed by atoms with Gasteiger partial charge < -0.3 is 29.4 Å². The maximum absolute atomic E-state index is 4.53. The molecule has 0 saturated carbocycles. The van der Waals surface area contributed by atoms with Crippen LogP contribution in [0.5, 0.6) is 0 Å². The predicted octanol–water partition coefficient (Wildman–Crippen LogP) is 12.9. The summed E-state index contributed by atoms with van der Waals surface area (Å²) in [5, 5.41) is 0. The van der Waals surface area contributed by atoms with Gasteiger partial charge in [0.05, 0.1) is 17.1 Å². The Morgan fingerprint density at radius 3 is 0.969 bits per heavy atom. The molecule has 0 atom stereocenters. The first-order valence-corrected chi connectivity index (χ1v) is 20.5. The van der Waals surface area contributed by atoms with Crippen molar-refractivity contribution in [2.24, 2.45) is 0 Å². The van der Waals surface area contributed by atoms with Crippen molar-refractivity contribution >= 4 is 68.6 Å². The zero-order valence-electron chi connectivity index (χ0n) is 34.7. The molecular weight excluding hydrogens is 1160 g/mol. The quantitative estimate of drug-likeness (QED) is 0.152. The largest absolute Gasteiger partial charge is 0.492 e. The van der Waals surface area contributed by atoms with Crippen LogP contribution in [0, 0.1) is 38.2 Å². The third kappa shape index (κ3) is 9.55. The van der Waals surface area contributed by atoms with Crippen molar-refractivity contribution in [1.82, 2.24) is 15.0 Å². The minimum Gasteiger partial charge on any atom is -0.492 e. The molecule has 0 amide bonds. The Morgan fingerprint density at radius 2 is 0.600 bits per heavy atom. The molecule has 0 bridgehead atoms. The molecule has 6 aromatic carbocycles. The number of nitrogens with zero attached hydrogens (tertiary/aromatic N) is 9. The van der Waals surface area contributed by atoms with Crippen LogP contribution < -0.4 is 29.4 Å². The molecule has 0 N–H and O–H groups in total. The SMILES string of the molecule is [Ir].[Ir].[c-]1ccccc1N1[CH-]N(c2ccccc2)c2cccnc21.[c-]1ccccc1N1[CH-]N(c2ccccc2)c2cccnc21.[c-]1ccccc1N1[CH-]N(c2ccccc2)c2ncccc21. The molecule has 0 aliphatic carbocycles. The molecule has 3 aliphatic rings. The number of hydrogen-bond acceptors (Lipinski definition) is 9. The van der Waals surface area contributed by atoms with E-state index in [2.05, 4.69) is 137 Å². The van der Waals surface area contributed by atoms with Gasteiger partial charge in [-0.15, -0.1) is 37.1 Å². The van der Waals surface area contributed by atoms with Crippen molar-refractivity contribution in [2.75, 3.05) is 29.4 Å². The van der Waals surface area contributed by atoms with Crippen molar-refractivity contribution in [3.8, 4) is 0 Å². The summed E-state index contributed by atoms with van der Waals surface area (Å²) in [4.78, 5) is 26.2. The van der Waals surface area contributed by atoms with E-state index in [4.69, 9.17) is 0 Å². The van der Waals surface area contributed by atoms with Crippen LogP contribution in [0.25, 0.3) is 0 Å². The molecule has 3 aromatic heterocycles. The normalized spacial score (nSPS) is 12.9. The molecule has 3 aliphatic heterocycles. The Labute approximate surface area is 407 Å². The second-order valence-electron chi connectivity index (χ2n) is 14.4. The predicted molar refractivity (Wildman–Crippen MR) is 254 cm³/mol. The average Bonchev–Trinajstić information content (AvgIpc) is 4.09. The number of fused-ring (bicyclic) bond motifs is 3. The summed E-state index contributed by atoms with van der Waals surface area (Å²) < 4.78 is 0. The van der Waals surface area contributed by atoms with Crippen LogP contribution in [-0.4, -0.2) is 15.0 Å². The van der Waals surface area contributed by atoms with Gasteiger partial charge in [-0.1, -0.05) is 54.6 Å². The Morgan fingerprint density at radius 1 is 0.292 bits per heavy atom. The molecule has 0 saturated heterocycles. The van der Waals surface area contributed by atoms with Crippen molar-refractivity contribution < 1.29 is 40.2 Å². The summed E-state index contributed by atoms with van der Waals surface area (Å²) in [5.41, 5.74) is 9.49. The molecule has 324 valence electrons. The number of anilines is 12. The van der Waals surface area contributed by atoms with Crippen LogP contribution >= 0.6 is 0 Å². The molecule has 0 unspecified atom stereocenters. The molecule has 9 nitrogen and oxygen atoms in total. The molecule has 65 heavy (non-hydrogen) atoms. The van der Waals surface area contributed by atoms with E-state index >= 15 is 0 Å². The van der Waals surface area contributed by atoms with Crippen molar-refractivity contribution in [3.05, 3.63) is 257 Å². The molecular formula is C54H39Ir2N9-6. The molecule has 0 spiro atoms. The third-order valence-corrected chi connectivity index (χ3v) is 10.4. The van der Waals surface area contributed by atoms with Gasteiger partial charge in [-0.25, -0.2) is 15.0 Å². The second-order valence-corrected chi connectivity index (χ2v) is 14.4. The summed E-state index contributed by atoms with van der Waals surface area (Å²) in [5.74, 6) is 2.77. The summed E-state index contributed by atoms with van der Waals surface area (Å²) in [6.07, 6.45) is 5.45. The Balaban J connectivity index is 0.000000131. The monoisotopic (exact) mass is 1200 g/mol. The van der Waals surface area contributed by atoms with Crippen molar-refractivity contribution in [2.45, 2.75) is 0 Å². The molecule has 2 radical (unpaired) electrons. The topological polar surface area (TPSA) is 58.1 Å². The van der Waals surface area contributed by atoms with Crippen LogP contribution in [0.4, 0.5) is 68.6 Å².